The highest BCUT2D eigenvalue weighted by molar-refractivity contribution is 5.51. The molecule has 1 aliphatic carbocycles. The van der Waals surface area contributed by atoms with Crippen LogP contribution >= 0.6 is 0 Å². The number of para-hydroxylation sites is 1. The summed E-state index contributed by atoms with van der Waals surface area (Å²) >= 11 is 0. The zero-order chi connectivity index (χ0) is 10.1. The Bertz CT molecular complexity index is 510. The van der Waals surface area contributed by atoms with Crippen molar-refractivity contribution >= 4 is 0 Å². The Balaban J connectivity index is 1.92. The molecule has 3 rings (SSSR count). The Morgan fingerprint density at radius 3 is 2.73 bits per heavy atom. The molecule has 1 aliphatic heterocycles. The van der Waals surface area contributed by atoms with Crippen molar-refractivity contribution in [1.29, 1.82) is 0 Å². The number of hydrogen-bond acceptors (Lipinski definition) is 3. The average molecular weight is 196 g/mol. The van der Waals surface area contributed by atoms with E-state index in [2.05, 4.69) is 10.2 Å². The fourth-order valence-electron chi connectivity index (χ4n) is 1.51. The molecule has 0 atom stereocenters. The van der Waals surface area contributed by atoms with Gasteiger partial charge in [0.25, 0.3) is 0 Å². The second kappa shape index (κ2) is 3.20. The second-order valence-corrected chi connectivity index (χ2v) is 3.24. The lowest BCUT2D eigenvalue weighted by atomic mass is 10.2. The first-order valence-electron chi connectivity index (χ1n) is 4.71. The Morgan fingerprint density at radius 2 is 1.87 bits per heavy atom. The van der Waals surface area contributed by atoms with E-state index in [0.29, 0.717) is 5.88 Å². The molecule has 0 saturated heterocycles. The third-order valence-corrected chi connectivity index (χ3v) is 2.23. The smallest absolute Gasteiger partial charge is 0.248 e. The van der Waals surface area contributed by atoms with Crippen molar-refractivity contribution in [3.63, 3.8) is 0 Å². The van der Waals surface area contributed by atoms with E-state index in [4.69, 9.17) is 4.74 Å². The van der Waals surface area contributed by atoms with Gasteiger partial charge >= 0.3 is 0 Å². The number of azo groups is 1. The first-order chi connectivity index (χ1) is 7.43. The fourth-order valence-corrected chi connectivity index (χ4v) is 1.51. The summed E-state index contributed by atoms with van der Waals surface area (Å²) in [7, 11) is 0. The van der Waals surface area contributed by atoms with Crippen LogP contribution in [0.3, 0.4) is 0 Å². The summed E-state index contributed by atoms with van der Waals surface area (Å²) in [5, 5.41) is 7.98. The Hall–Kier alpha value is -2.16. The molecule has 0 bridgehead atoms. The van der Waals surface area contributed by atoms with E-state index >= 15 is 0 Å². The third-order valence-electron chi connectivity index (χ3n) is 2.23. The number of rotatable bonds is 2. The molecular formula is C12H8N2O. The van der Waals surface area contributed by atoms with E-state index in [-0.39, 0.29) is 0 Å². The zero-order valence-corrected chi connectivity index (χ0v) is 7.92. The van der Waals surface area contributed by atoms with Crippen molar-refractivity contribution in [3.05, 3.63) is 65.7 Å². The topological polar surface area (TPSA) is 34.0 Å². The number of benzene rings is 1. The molecule has 0 N–H and O–H groups in total. The SMILES string of the molecule is C1=CC2=C(Oc3ccccc3)N=NC2=C1. The maximum absolute atomic E-state index is 5.62. The van der Waals surface area contributed by atoms with Gasteiger partial charge in [-0.1, -0.05) is 24.3 Å². The molecule has 2 aliphatic rings. The van der Waals surface area contributed by atoms with Gasteiger partial charge in [0.1, 0.15) is 5.75 Å². The maximum Gasteiger partial charge on any atom is 0.248 e. The molecule has 15 heavy (non-hydrogen) atoms. The van der Waals surface area contributed by atoms with Crippen LogP contribution < -0.4 is 4.74 Å². The summed E-state index contributed by atoms with van der Waals surface area (Å²) in [6.07, 6.45) is 5.81. The van der Waals surface area contributed by atoms with E-state index in [1.54, 1.807) is 0 Å². The van der Waals surface area contributed by atoms with E-state index < -0.39 is 0 Å². The van der Waals surface area contributed by atoms with Gasteiger partial charge in [-0.15, -0.1) is 10.2 Å². The van der Waals surface area contributed by atoms with Crippen LogP contribution in [0.25, 0.3) is 0 Å². The first-order valence-corrected chi connectivity index (χ1v) is 4.71. The Morgan fingerprint density at radius 1 is 1.00 bits per heavy atom. The number of allylic oxidation sites excluding steroid dienone is 3. The van der Waals surface area contributed by atoms with E-state index in [0.717, 1.165) is 17.0 Å². The minimum absolute atomic E-state index is 0.571. The Labute approximate surface area is 87.1 Å². The van der Waals surface area contributed by atoms with Gasteiger partial charge in [-0.25, -0.2) is 0 Å². The molecule has 0 saturated carbocycles. The summed E-state index contributed by atoms with van der Waals surface area (Å²) in [5.41, 5.74) is 1.83. The molecule has 0 amide bonds. The standard InChI is InChI=1S/C12H8N2O/c1-2-5-9(6-3-1)15-12-10-7-4-8-11(10)13-14-12/h1-8H. The van der Waals surface area contributed by atoms with Crippen LogP contribution in [0.2, 0.25) is 0 Å². The van der Waals surface area contributed by atoms with Crippen LogP contribution in [0.5, 0.6) is 5.75 Å². The number of nitrogens with zero attached hydrogens (tertiary/aromatic N) is 2. The highest BCUT2D eigenvalue weighted by Crippen LogP contribution is 2.31. The maximum atomic E-state index is 5.62. The van der Waals surface area contributed by atoms with Gasteiger partial charge in [-0.2, -0.15) is 0 Å². The van der Waals surface area contributed by atoms with Crippen molar-refractivity contribution in [3.8, 4) is 5.75 Å². The fraction of sp³-hybridized carbons (Fsp3) is 0. The summed E-state index contributed by atoms with van der Waals surface area (Å²) in [6.45, 7) is 0. The van der Waals surface area contributed by atoms with Gasteiger partial charge in [0, 0.05) is 0 Å². The predicted molar refractivity (Wildman–Crippen MR) is 56.2 cm³/mol. The molecule has 0 aromatic heterocycles. The largest absolute Gasteiger partial charge is 0.437 e. The van der Waals surface area contributed by atoms with Gasteiger partial charge in [-0.05, 0) is 24.3 Å². The van der Waals surface area contributed by atoms with Gasteiger partial charge in [0.15, 0.2) is 0 Å². The molecule has 0 unspecified atom stereocenters. The van der Waals surface area contributed by atoms with Crippen LogP contribution in [-0.4, -0.2) is 0 Å². The summed E-state index contributed by atoms with van der Waals surface area (Å²) < 4.78 is 5.62. The molecule has 72 valence electrons. The molecule has 0 radical (unpaired) electrons. The van der Waals surface area contributed by atoms with Crippen molar-refractivity contribution in [2.24, 2.45) is 10.2 Å². The van der Waals surface area contributed by atoms with Crippen LogP contribution in [-0.2, 0) is 0 Å². The number of ether oxygens (including phenoxy) is 1. The quantitative estimate of drug-likeness (QED) is 0.715. The van der Waals surface area contributed by atoms with E-state index in [9.17, 15) is 0 Å². The Kier molecular flexibility index (Phi) is 1.75. The molecule has 1 aromatic carbocycles. The summed E-state index contributed by atoms with van der Waals surface area (Å²) in [4.78, 5) is 0. The summed E-state index contributed by atoms with van der Waals surface area (Å²) in [6, 6.07) is 9.58. The summed E-state index contributed by atoms with van der Waals surface area (Å²) in [5.74, 6) is 1.35. The van der Waals surface area contributed by atoms with Crippen molar-refractivity contribution in [1.82, 2.24) is 0 Å². The lowest BCUT2D eigenvalue weighted by Gasteiger charge is -2.02. The molecule has 1 heterocycles. The van der Waals surface area contributed by atoms with Gasteiger partial charge < -0.3 is 4.74 Å². The zero-order valence-electron chi connectivity index (χ0n) is 7.92. The van der Waals surface area contributed by atoms with Crippen LogP contribution in [0, 0.1) is 0 Å². The van der Waals surface area contributed by atoms with Crippen molar-refractivity contribution in [2.75, 3.05) is 0 Å². The van der Waals surface area contributed by atoms with E-state index in [1.807, 2.05) is 48.6 Å². The van der Waals surface area contributed by atoms with Gasteiger partial charge in [0.2, 0.25) is 5.88 Å². The van der Waals surface area contributed by atoms with Crippen LogP contribution in [0.15, 0.2) is 75.9 Å². The molecule has 1 aromatic rings. The first kappa shape index (κ1) is 8.17. The minimum Gasteiger partial charge on any atom is -0.437 e. The molecular weight excluding hydrogens is 188 g/mol. The van der Waals surface area contributed by atoms with Gasteiger partial charge in [-0.3, -0.25) is 0 Å². The second-order valence-electron chi connectivity index (χ2n) is 3.24. The molecule has 0 spiro atoms. The third kappa shape index (κ3) is 1.38. The average Bonchev–Trinajstić information content (AvgIpc) is 2.85. The lowest BCUT2D eigenvalue weighted by Crippen LogP contribution is -1.92. The molecule has 3 nitrogen and oxygen atoms in total. The molecule has 3 heteroatoms. The highest BCUT2D eigenvalue weighted by atomic mass is 16.5. The van der Waals surface area contributed by atoms with Crippen LogP contribution in [0.4, 0.5) is 0 Å². The van der Waals surface area contributed by atoms with E-state index in [1.165, 1.54) is 0 Å². The van der Waals surface area contributed by atoms with Gasteiger partial charge in [0.05, 0.1) is 11.3 Å². The monoisotopic (exact) mass is 196 g/mol. The number of hydrogen-bond donors (Lipinski definition) is 0. The predicted octanol–water partition coefficient (Wildman–Crippen LogP) is 3.20. The van der Waals surface area contributed by atoms with Crippen LogP contribution in [0.1, 0.15) is 0 Å². The molecule has 0 fully saturated rings. The normalized spacial score (nSPS) is 16.9. The highest BCUT2D eigenvalue weighted by Gasteiger charge is 2.19. The van der Waals surface area contributed by atoms with Crippen molar-refractivity contribution < 1.29 is 4.74 Å². The lowest BCUT2D eigenvalue weighted by molar-refractivity contribution is 0.416. The number of fused-ring (bicyclic) bond motifs is 1. The van der Waals surface area contributed by atoms with Crippen molar-refractivity contribution in [2.45, 2.75) is 0 Å². The minimum atomic E-state index is 0.571.